The summed E-state index contributed by atoms with van der Waals surface area (Å²) >= 11 is 5.94. The Balaban J connectivity index is 0.00000180. The number of ether oxygens (including phenoxy) is 1. The van der Waals surface area contributed by atoms with Crippen LogP contribution in [-0.2, 0) is 4.74 Å². The number of benzene rings is 1. The number of halogens is 2. The maximum atomic E-state index is 5.94. The highest BCUT2D eigenvalue weighted by Crippen LogP contribution is 2.24. The Hall–Kier alpha value is -0.990. The van der Waals surface area contributed by atoms with Gasteiger partial charge < -0.3 is 4.74 Å². The molecule has 0 bridgehead atoms. The summed E-state index contributed by atoms with van der Waals surface area (Å²) in [4.78, 5) is 4.58. The summed E-state index contributed by atoms with van der Waals surface area (Å²) in [5, 5.41) is 0.734. The number of hydrogen-bond acceptors (Lipinski definition) is 2. The van der Waals surface area contributed by atoms with E-state index in [9.17, 15) is 0 Å². The molecule has 1 atom stereocenters. The summed E-state index contributed by atoms with van der Waals surface area (Å²) in [6, 6.07) is 7.70. The predicted octanol–water partition coefficient (Wildman–Crippen LogP) is 4.76. The molecule has 0 N–H and O–H groups in total. The fraction of sp³-hybridized carbons (Fsp3) is 0.400. The first-order valence-corrected chi connectivity index (χ1v) is 6.53. The number of aliphatic imine (C=N–C) groups is 1. The Kier molecular flexibility index (Phi) is 5.45. The zero-order valence-corrected chi connectivity index (χ0v) is 13.0. The van der Waals surface area contributed by atoms with E-state index in [1.54, 1.807) is 0 Å². The van der Waals surface area contributed by atoms with Gasteiger partial charge in [-0.1, -0.05) is 23.7 Å². The van der Waals surface area contributed by atoms with Crippen LogP contribution in [0.15, 0.2) is 35.3 Å². The molecule has 1 heterocycles. The summed E-state index contributed by atoms with van der Waals surface area (Å²) in [5.41, 5.74) is 0.996. The van der Waals surface area contributed by atoms with Crippen molar-refractivity contribution >= 4 is 36.0 Å². The Morgan fingerprint density at radius 1 is 1.37 bits per heavy atom. The van der Waals surface area contributed by atoms with E-state index in [2.05, 4.69) is 25.8 Å². The molecule has 4 heteroatoms. The molecule has 1 aliphatic rings. The third-order valence-electron chi connectivity index (χ3n) is 2.79. The van der Waals surface area contributed by atoms with Crippen LogP contribution in [0.4, 0.5) is 0 Å². The quantitative estimate of drug-likeness (QED) is 0.771. The highest BCUT2D eigenvalue weighted by atomic mass is 35.5. The normalized spacial score (nSPS) is 21.5. The molecular weight excluding hydrogens is 281 g/mol. The van der Waals surface area contributed by atoms with Gasteiger partial charge in [0.1, 0.15) is 0 Å². The summed E-state index contributed by atoms with van der Waals surface area (Å²) in [6.45, 7) is 6.32. The molecule has 104 valence electrons. The molecule has 2 rings (SSSR count). The van der Waals surface area contributed by atoms with E-state index in [1.807, 2.05) is 36.4 Å². The second-order valence-electron chi connectivity index (χ2n) is 5.28. The van der Waals surface area contributed by atoms with Gasteiger partial charge in [0.05, 0.1) is 11.6 Å². The van der Waals surface area contributed by atoms with Crippen molar-refractivity contribution in [1.29, 1.82) is 0 Å². The third-order valence-corrected chi connectivity index (χ3v) is 3.02. The van der Waals surface area contributed by atoms with Crippen LogP contribution in [0.5, 0.6) is 0 Å². The lowest BCUT2D eigenvalue weighted by Crippen LogP contribution is -2.33. The molecule has 1 aromatic carbocycles. The number of rotatable bonds is 2. The molecule has 1 aliphatic heterocycles. The second-order valence-corrected chi connectivity index (χ2v) is 5.72. The van der Waals surface area contributed by atoms with Crippen LogP contribution in [0, 0.1) is 0 Å². The average Bonchev–Trinajstić information content (AvgIpc) is 2.24. The van der Waals surface area contributed by atoms with Gasteiger partial charge in [0.15, 0.2) is 0 Å². The minimum atomic E-state index is -0.0499. The smallest absolute Gasteiger partial charge is 0.209 e. The van der Waals surface area contributed by atoms with Gasteiger partial charge in [-0.05, 0) is 44.5 Å². The zero-order valence-electron chi connectivity index (χ0n) is 11.4. The predicted molar refractivity (Wildman–Crippen MR) is 84.4 cm³/mol. The minimum Gasteiger partial charge on any atom is -0.475 e. The van der Waals surface area contributed by atoms with E-state index in [4.69, 9.17) is 16.3 Å². The van der Waals surface area contributed by atoms with E-state index in [0.717, 1.165) is 17.0 Å². The molecule has 19 heavy (non-hydrogen) atoms. The van der Waals surface area contributed by atoms with Crippen LogP contribution in [0.1, 0.15) is 32.8 Å². The highest BCUT2D eigenvalue weighted by Gasteiger charge is 2.26. The van der Waals surface area contributed by atoms with Gasteiger partial charge in [-0.2, -0.15) is 0 Å². The lowest BCUT2D eigenvalue weighted by molar-refractivity contribution is 0.147. The van der Waals surface area contributed by atoms with Crippen molar-refractivity contribution in [3.05, 3.63) is 40.9 Å². The molecule has 0 aromatic heterocycles. The molecule has 0 saturated heterocycles. The minimum absolute atomic E-state index is 0. The lowest BCUT2D eigenvalue weighted by Gasteiger charge is -2.30. The monoisotopic (exact) mass is 299 g/mol. The van der Waals surface area contributed by atoms with Crippen LogP contribution in [0.2, 0.25) is 5.02 Å². The summed E-state index contributed by atoms with van der Waals surface area (Å²) in [5.74, 6) is 0.693. The van der Waals surface area contributed by atoms with E-state index < -0.39 is 0 Å². The lowest BCUT2D eigenvalue weighted by atomic mass is 9.97. The van der Waals surface area contributed by atoms with Crippen molar-refractivity contribution in [2.24, 2.45) is 4.99 Å². The number of hydrogen-bond donors (Lipinski definition) is 0. The van der Waals surface area contributed by atoms with E-state index in [-0.39, 0.29) is 24.0 Å². The van der Waals surface area contributed by atoms with Gasteiger partial charge in [-0.15, -0.1) is 12.4 Å². The third kappa shape index (κ3) is 4.88. The van der Waals surface area contributed by atoms with Crippen molar-refractivity contribution in [3.63, 3.8) is 0 Å². The van der Waals surface area contributed by atoms with Crippen molar-refractivity contribution in [2.45, 2.75) is 38.8 Å². The maximum absolute atomic E-state index is 5.94. The molecule has 1 unspecified atom stereocenters. The fourth-order valence-corrected chi connectivity index (χ4v) is 2.37. The Morgan fingerprint density at radius 2 is 2.11 bits per heavy atom. The van der Waals surface area contributed by atoms with Crippen molar-refractivity contribution in [1.82, 2.24) is 0 Å². The topological polar surface area (TPSA) is 21.6 Å². The maximum Gasteiger partial charge on any atom is 0.209 e. The molecule has 0 amide bonds. The van der Waals surface area contributed by atoms with Crippen LogP contribution in [-0.4, -0.2) is 17.5 Å². The average molecular weight is 300 g/mol. The molecule has 0 fully saturated rings. The van der Waals surface area contributed by atoms with Crippen LogP contribution >= 0.6 is 24.0 Å². The first-order chi connectivity index (χ1) is 8.44. The van der Waals surface area contributed by atoms with Crippen LogP contribution < -0.4 is 0 Å². The van der Waals surface area contributed by atoms with Crippen LogP contribution in [0.3, 0.4) is 0 Å². The van der Waals surface area contributed by atoms with Crippen LogP contribution in [0.25, 0.3) is 6.08 Å². The SMILES string of the molecule is CC1CC(C)(C)N=C(/C=C/c2cccc(Cl)c2)O1.Cl. The highest BCUT2D eigenvalue weighted by molar-refractivity contribution is 6.30. The van der Waals surface area contributed by atoms with E-state index >= 15 is 0 Å². The summed E-state index contributed by atoms with van der Waals surface area (Å²) in [6.07, 6.45) is 5.03. The van der Waals surface area contributed by atoms with Gasteiger partial charge >= 0.3 is 0 Å². The zero-order chi connectivity index (χ0) is 13.2. The molecule has 0 aliphatic carbocycles. The van der Waals surface area contributed by atoms with Crippen molar-refractivity contribution in [3.8, 4) is 0 Å². The van der Waals surface area contributed by atoms with Gasteiger partial charge in [0.25, 0.3) is 0 Å². The molecule has 0 spiro atoms. The Morgan fingerprint density at radius 3 is 2.74 bits per heavy atom. The second kappa shape index (κ2) is 6.44. The van der Waals surface area contributed by atoms with E-state index in [1.165, 1.54) is 0 Å². The number of nitrogens with zero attached hydrogens (tertiary/aromatic N) is 1. The van der Waals surface area contributed by atoms with Gasteiger partial charge in [0, 0.05) is 17.5 Å². The van der Waals surface area contributed by atoms with Gasteiger partial charge in [0.2, 0.25) is 5.90 Å². The fourth-order valence-electron chi connectivity index (χ4n) is 2.18. The van der Waals surface area contributed by atoms with E-state index in [0.29, 0.717) is 5.90 Å². The first-order valence-electron chi connectivity index (χ1n) is 6.15. The van der Waals surface area contributed by atoms with Gasteiger partial charge in [-0.25, -0.2) is 4.99 Å². The standard InChI is InChI=1S/C15H18ClNO.ClH/c1-11-10-15(2,3)17-14(18-11)8-7-12-5-4-6-13(16)9-12;/h4-9,11H,10H2,1-3H3;1H/b8-7+;. The summed E-state index contributed by atoms with van der Waals surface area (Å²) < 4.78 is 5.70. The first kappa shape index (κ1) is 16.1. The largest absolute Gasteiger partial charge is 0.475 e. The summed E-state index contributed by atoms with van der Waals surface area (Å²) in [7, 11) is 0. The molecule has 2 nitrogen and oxygen atoms in total. The van der Waals surface area contributed by atoms with Gasteiger partial charge in [-0.3, -0.25) is 0 Å². The Labute approximate surface area is 125 Å². The van der Waals surface area contributed by atoms with Crippen molar-refractivity contribution in [2.75, 3.05) is 0 Å². The molecule has 1 aromatic rings. The molecule has 0 radical (unpaired) electrons. The van der Waals surface area contributed by atoms with Crippen molar-refractivity contribution < 1.29 is 4.74 Å². The Bertz CT molecular complexity index is 495. The molecule has 0 saturated carbocycles. The molecular formula is C15H19Cl2NO.